The molecule has 0 radical (unpaired) electrons. The van der Waals surface area contributed by atoms with Crippen LogP contribution in [0.5, 0.6) is 5.75 Å². The number of nitrogens with one attached hydrogen (secondary N) is 2. The molecule has 8 heteroatoms. The first-order valence-corrected chi connectivity index (χ1v) is 8.86. The molecule has 0 spiro atoms. The lowest BCUT2D eigenvalue weighted by Crippen LogP contribution is -2.47. The molecule has 0 aliphatic heterocycles. The Morgan fingerprint density at radius 1 is 1.24 bits per heavy atom. The van der Waals surface area contributed by atoms with Crippen LogP contribution in [-0.4, -0.2) is 37.2 Å². The van der Waals surface area contributed by atoms with E-state index < -0.39 is 24.0 Å². The predicted octanol–water partition coefficient (Wildman–Crippen LogP) is 2.77. The number of methoxy groups -OCH3 is 1. The molecule has 0 saturated heterocycles. The van der Waals surface area contributed by atoms with E-state index in [9.17, 15) is 14.4 Å². The Morgan fingerprint density at radius 2 is 1.92 bits per heavy atom. The van der Waals surface area contributed by atoms with Gasteiger partial charge in [0, 0.05) is 6.04 Å². The molecule has 1 aromatic rings. The van der Waals surface area contributed by atoms with E-state index in [1.807, 2.05) is 0 Å². The number of carbonyl (C=O) groups excluding carboxylic acids is 3. The number of benzene rings is 1. The smallest absolute Gasteiger partial charge is 0.338 e. The zero-order chi connectivity index (χ0) is 18.4. The fourth-order valence-corrected chi connectivity index (χ4v) is 3.12. The third kappa shape index (κ3) is 5.45. The van der Waals surface area contributed by atoms with Gasteiger partial charge in [0.1, 0.15) is 5.75 Å². The summed E-state index contributed by atoms with van der Waals surface area (Å²) in [4.78, 5) is 35.9. The summed E-state index contributed by atoms with van der Waals surface area (Å²) in [7, 11) is 1.52. The maximum atomic E-state index is 12.1. The molecule has 0 aromatic heterocycles. The van der Waals surface area contributed by atoms with Crippen molar-refractivity contribution in [2.45, 2.75) is 44.8 Å². The Hall–Kier alpha value is -2.09. The highest BCUT2D eigenvalue weighted by atomic mass is 79.9. The van der Waals surface area contributed by atoms with Gasteiger partial charge in [-0.3, -0.25) is 10.1 Å². The highest BCUT2D eigenvalue weighted by molar-refractivity contribution is 9.10. The van der Waals surface area contributed by atoms with Gasteiger partial charge in [-0.2, -0.15) is 0 Å². The van der Waals surface area contributed by atoms with Crippen molar-refractivity contribution in [2.75, 3.05) is 7.11 Å². The van der Waals surface area contributed by atoms with Crippen LogP contribution in [0, 0.1) is 0 Å². The largest absolute Gasteiger partial charge is 0.496 e. The van der Waals surface area contributed by atoms with Crippen LogP contribution in [0.1, 0.15) is 43.0 Å². The van der Waals surface area contributed by atoms with Gasteiger partial charge in [0.05, 0.1) is 17.1 Å². The fourth-order valence-electron chi connectivity index (χ4n) is 2.58. The van der Waals surface area contributed by atoms with Crippen molar-refractivity contribution in [3.63, 3.8) is 0 Å². The van der Waals surface area contributed by atoms with E-state index in [1.165, 1.54) is 20.1 Å². The monoisotopic (exact) mass is 412 g/mol. The average Bonchev–Trinajstić information content (AvgIpc) is 3.07. The summed E-state index contributed by atoms with van der Waals surface area (Å²) in [5.41, 5.74) is 0.266. The van der Waals surface area contributed by atoms with Gasteiger partial charge >= 0.3 is 12.0 Å². The second kappa shape index (κ2) is 8.84. The SMILES string of the molecule is COc1ccc(C(=O)O[C@H](C)C(=O)NC(=O)NC2CCCC2)cc1Br. The second-order valence-electron chi connectivity index (χ2n) is 5.84. The molecule has 136 valence electrons. The van der Waals surface area contributed by atoms with Crippen molar-refractivity contribution in [1.82, 2.24) is 10.6 Å². The molecule has 1 atom stereocenters. The van der Waals surface area contributed by atoms with Crippen LogP contribution in [0.3, 0.4) is 0 Å². The molecule has 1 aromatic carbocycles. The van der Waals surface area contributed by atoms with E-state index in [0.717, 1.165) is 25.7 Å². The molecule has 0 unspecified atom stereocenters. The maximum absolute atomic E-state index is 12.1. The maximum Gasteiger partial charge on any atom is 0.338 e. The number of carbonyl (C=O) groups is 3. The Balaban J connectivity index is 1.86. The molecule has 2 N–H and O–H groups in total. The number of imide groups is 1. The molecular formula is C17H21BrN2O5. The van der Waals surface area contributed by atoms with Crippen LogP contribution < -0.4 is 15.4 Å². The van der Waals surface area contributed by atoms with Gasteiger partial charge < -0.3 is 14.8 Å². The van der Waals surface area contributed by atoms with E-state index in [2.05, 4.69) is 26.6 Å². The van der Waals surface area contributed by atoms with Crippen LogP contribution >= 0.6 is 15.9 Å². The summed E-state index contributed by atoms with van der Waals surface area (Å²) in [5, 5.41) is 4.94. The minimum atomic E-state index is -1.09. The van der Waals surface area contributed by atoms with E-state index in [-0.39, 0.29) is 11.6 Å². The van der Waals surface area contributed by atoms with Gasteiger partial charge in [-0.25, -0.2) is 9.59 Å². The summed E-state index contributed by atoms with van der Waals surface area (Å²) < 4.78 is 10.8. The van der Waals surface area contributed by atoms with Gasteiger partial charge in [-0.1, -0.05) is 12.8 Å². The van der Waals surface area contributed by atoms with E-state index in [0.29, 0.717) is 10.2 Å². The number of urea groups is 1. The summed E-state index contributed by atoms with van der Waals surface area (Å²) >= 11 is 3.28. The van der Waals surface area contributed by atoms with Crippen molar-refractivity contribution < 1.29 is 23.9 Å². The Bertz CT molecular complexity index is 658. The third-order valence-electron chi connectivity index (χ3n) is 3.97. The molecule has 3 amide bonds. The number of rotatable bonds is 5. The predicted molar refractivity (Wildman–Crippen MR) is 94.5 cm³/mol. The highest BCUT2D eigenvalue weighted by Crippen LogP contribution is 2.26. The van der Waals surface area contributed by atoms with E-state index in [1.54, 1.807) is 12.1 Å². The molecule has 25 heavy (non-hydrogen) atoms. The van der Waals surface area contributed by atoms with Crippen LogP contribution in [0.2, 0.25) is 0 Å². The molecular weight excluding hydrogens is 392 g/mol. The first-order valence-electron chi connectivity index (χ1n) is 8.06. The number of ether oxygens (including phenoxy) is 2. The van der Waals surface area contributed by atoms with Gasteiger partial charge in [0.2, 0.25) is 0 Å². The molecule has 1 fully saturated rings. The summed E-state index contributed by atoms with van der Waals surface area (Å²) in [6, 6.07) is 4.22. The summed E-state index contributed by atoms with van der Waals surface area (Å²) in [6.45, 7) is 1.41. The Kier molecular flexibility index (Phi) is 6.81. The van der Waals surface area contributed by atoms with Crippen molar-refractivity contribution >= 4 is 33.8 Å². The highest BCUT2D eigenvalue weighted by Gasteiger charge is 2.23. The number of hydrogen-bond donors (Lipinski definition) is 2. The molecule has 0 bridgehead atoms. The lowest BCUT2D eigenvalue weighted by molar-refractivity contribution is -0.127. The second-order valence-corrected chi connectivity index (χ2v) is 6.70. The van der Waals surface area contributed by atoms with Crippen molar-refractivity contribution in [1.29, 1.82) is 0 Å². The first kappa shape index (κ1) is 19.2. The number of esters is 1. The lowest BCUT2D eigenvalue weighted by atomic mass is 10.2. The normalized spacial score (nSPS) is 15.3. The topological polar surface area (TPSA) is 93.7 Å². The summed E-state index contributed by atoms with van der Waals surface area (Å²) in [6.07, 6.45) is 2.88. The number of hydrogen-bond acceptors (Lipinski definition) is 5. The van der Waals surface area contributed by atoms with Crippen LogP contribution in [0.4, 0.5) is 4.79 Å². The lowest BCUT2D eigenvalue weighted by Gasteiger charge is -2.15. The molecule has 1 aliphatic carbocycles. The number of halogens is 1. The Morgan fingerprint density at radius 3 is 2.52 bits per heavy atom. The quantitative estimate of drug-likeness (QED) is 0.725. The zero-order valence-electron chi connectivity index (χ0n) is 14.1. The van der Waals surface area contributed by atoms with Crippen molar-refractivity contribution in [3.8, 4) is 5.75 Å². The van der Waals surface area contributed by atoms with Crippen LogP contribution in [0.15, 0.2) is 22.7 Å². The van der Waals surface area contributed by atoms with Gasteiger partial charge in [-0.05, 0) is 53.9 Å². The molecule has 2 rings (SSSR count). The molecule has 7 nitrogen and oxygen atoms in total. The average molecular weight is 413 g/mol. The standard InChI is InChI=1S/C17H21BrN2O5/c1-10(15(21)20-17(23)19-12-5-3-4-6-12)25-16(22)11-7-8-14(24-2)13(18)9-11/h7-10,12H,3-6H2,1-2H3,(H2,19,20,21,23)/t10-/m1/s1. The van der Waals surface area contributed by atoms with Crippen LogP contribution in [0.25, 0.3) is 0 Å². The van der Waals surface area contributed by atoms with E-state index in [4.69, 9.17) is 9.47 Å². The van der Waals surface area contributed by atoms with Gasteiger partial charge in [-0.15, -0.1) is 0 Å². The van der Waals surface area contributed by atoms with Gasteiger partial charge in [0.15, 0.2) is 6.10 Å². The zero-order valence-corrected chi connectivity index (χ0v) is 15.7. The van der Waals surface area contributed by atoms with Crippen molar-refractivity contribution in [3.05, 3.63) is 28.2 Å². The minimum Gasteiger partial charge on any atom is -0.496 e. The van der Waals surface area contributed by atoms with Crippen molar-refractivity contribution in [2.24, 2.45) is 0 Å². The third-order valence-corrected chi connectivity index (χ3v) is 4.59. The summed E-state index contributed by atoms with van der Waals surface area (Å²) in [5.74, 6) is -0.760. The van der Waals surface area contributed by atoms with Gasteiger partial charge in [0.25, 0.3) is 5.91 Å². The Labute approximate surface area is 154 Å². The number of amides is 3. The van der Waals surface area contributed by atoms with E-state index >= 15 is 0 Å². The molecule has 1 aliphatic rings. The first-order chi connectivity index (χ1) is 11.9. The molecule has 0 heterocycles. The molecule has 1 saturated carbocycles. The minimum absolute atomic E-state index is 0.0994. The fraction of sp³-hybridized carbons (Fsp3) is 0.471. The van der Waals surface area contributed by atoms with Crippen LogP contribution in [-0.2, 0) is 9.53 Å².